The third-order valence-corrected chi connectivity index (χ3v) is 3.25. The molecule has 0 aromatic carbocycles. The fourth-order valence-electron chi connectivity index (χ4n) is 2.16. The predicted molar refractivity (Wildman–Crippen MR) is 60.7 cm³/mol. The van der Waals surface area contributed by atoms with Crippen LogP contribution in [0.4, 0.5) is 0 Å². The number of nitrogens with one attached hydrogen (secondary N) is 1. The van der Waals surface area contributed by atoms with Crippen molar-refractivity contribution in [3.05, 3.63) is 18.7 Å². The monoisotopic (exact) mass is 208 g/mol. The minimum Gasteiger partial charge on any atom is -0.336 e. The van der Waals surface area contributed by atoms with Crippen molar-refractivity contribution in [1.82, 2.24) is 19.8 Å². The first-order valence-electron chi connectivity index (χ1n) is 5.65. The number of nitrogens with zero attached hydrogens (tertiary/aromatic N) is 3. The Bertz CT molecular complexity index is 273. The summed E-state index contributed by atoms with van der Waals surface area (Å²) in [5.74, 6) is 0. The van der Waals surface area contributed by atoms with Crippen LogP contribution in [-0.4, -0.2) is 46.7 Å². The standard InChI is InChI=1S/C11H20N4/c1-10-7-11(8-14(10)2)13-4-6-15-5-3-12-9-15/h3,5,9-11,13H,4,6-8H2,1-2H3. The lowest BCUT2D eigenvalue weighted by atomic mass is 10.2. The molecule has 0 saturated carbocycles. The molecule has 15 heavy (non-hydrogen) atoms. The van der Waals surface area contributed by atoms with Crippen molar-refractivity contribution < 1.29 is 0 Å². The quantitative estimate of drug-likeness (QED) is 0.785. The lowest BCUT2D eigenvalue weighted by molar-refractivity contribution is 0.326. The number of imidazole rings is 1. The Morgan fingerprint density at radius 2 is 2.40 bits per heavy atom. The van der Waals surface area contributed by atoms with Gasteiger partial charge in [-0.1, -0.05) is 0 Å². The fraction of sp³-hybridized carbons (Fsp3) is 0.727. The number of hydrogen-bond donors (Lipinski definition) is 1. The van der Waals surface area contributed by atoms with E-state index in [0.717, 1.165) is 19.1 Å². The van der Waals surface area contributed by atoms with Crippen molar-refractivity contribution in [2.24, 2.45) is 0 Å². The van der Waals surface area contributed by atoms with Gasteiger partial charge in [-0.3, -0.25) is 0 Å². The molecular formula is C11H20N4. The molecule has 0 spiro atoms. The Balaban J connectivity index is 1.67. The largest absolute Gasteiger partial charge is 0.336 e. The third kappa shape index (κ3) is 2.79. The highest BCUT2D eigenvalue weighted by atomic mass is 15.2. The third-order valence-electron chi connectivity index (χ3n) is 3.25. The SMILES string of the molecule is CC1CC(NCCn2ccnc2)CN1C. The molecule has 1 aromatic heterocycles. The highest BCUT2D eigenvalue weighted by Gasteiger charge is 2.24. The summed E-state index contributed by atoms with van der Waals surface area (Å²) in [7, 11) is 2.20. The average molecular weight is 208 g/mol. The first kappa shape index (κ1) is 10.6. The summed E-state index contributed by atoms with van der Waals surface area (Å²) >= 11 is 0. The minimum absolute atomic E-state index is 0.661. The van der Waals surface area contributed by atoms with Gasteiger partial charge in [0, 0.05) is 44.1 Å². The summed E-state index contributed by atoms with van der Waals surface area (Å²) in [5.41, 5.74) is 0. The molecule has 1 aliphatic heterocycles. The Kier molecular flexibility index (Phi) is 3.38. The van der Waals surface area contributed by atoms with Crippen LogP contribution in [-0.2, 0) is 6.54 Å². The van der Waals surface area contributed by atoms with Crippen LogP contribution < -0.4 is 5.32 Å². The number of hydrogen-bond acceptors (Lipinski definition) is 3. The van der Waals surface area contributed by atoms with Crippen LogP contribution in [0.3, 0.4) is 0 Å². The van der Waals surface area contributed by atoms with Gasteiger partial charge in [-0.25, -0.2) is 4.98 Å². The molecule has 0 radical (unpaired) electrons. The lowest BCUT2D eigenvalue weighted by Crippen LogP contribution is -2.33. The van der Waals surface area contributed by atoms with Gasteiger partial charge in [0.2, 0.25) is 0 Å². The molecular weight excluding hydrogens is 188 g/mol. The molecule has 84 valence electrons. The molecule has 0 aliphatic carbocycles. The van der Waals surface area contributed by atoms with Gasteiger partial charge < -0.3 is 14.8 Å². The summed E-state index contributed by atoms with van der Waals surface area (Å²) < 4.78 is 2.11. The van der Waals surface area contributed by atoms with Gasteiger partial charge in [-0.15, -0.1) is 0 Å². The summed E-state index contributed by atoms with van der Waals surface area (Å²) in [5, 5.41) is 3.59. The maximum atomic E-state index is 4.02. The highest BCUT2D eigenvalue weighted by Crippen LogP contribution is 2.14. The topological polar surface area (TPSA) is 33.1 Å². The molecule has 2 heterocycles. The molecule has 2 unspecified atom stereocenters. The zero-order chi connectivity index (χ0) is 10.7. The molecule has 2 atom stereocenters. The first-order chi connectivity index (χ1) is 7.25. The molecule has 2 rings (SSSR count). The van der Waals surface area contributed by atoms with Gasteiger partial charge in [0.1, 0.15) is 0 Å². The maximum Gasteiger partial charge on any atom is 0.0946 e. The molecule has 0 amide bonds. The highest BCUT2D eigenvalue weighted by molar-refractivity contribution is 4.85. The van der Waals surface area contributed by atoms with Crippen LogP contribution in [0.2, 0.25) is 0 Å². The molecule has 1 saturated heterocycles. The Hall–Kier alpha value is -0.870. The maximum absolute atomic E-state index is 4.02. The minimum atomic E-state index is 0.661. The Morgan fingerprint density at radius 3 is 3.00 bits per heavy atom. The van der Waals surface area contributed by atoms with E-state index in [-0.39, 0.29) is 0 Å². The van der Waals surface area contributed by atoms with Crippen LogP contribution in [0.5, 0.6) is 0 Å². The molecule has 1 aliphatic rings. The van der Waals surface area contributed by atoms with Crippen molar-refractivity contribution in [2.75, 3.05) is 20.1 Å². The summed E-state index contributed by atoms with van der Waals surface area (Å²) in [6.07, 6.45) is 6.96. The van der Waals surface area contributed by atoms with E-state index in [0.29, 0.717) is 6.04 Å². The Morgan fingerprint density at radius 1 is 1.53 bits per heavy atom. The van der Waals surface area contributed by atoms with Crippen LogP contribution in [0.25, 0.3) is 0 Å². The van der Waals surface area contributed by atoms with E-state index in [9.17, 15) is 0 Å². The van der Waals surface area contributed by atoms with Gasteiger partial charge in [0.05, 0.1) is 6.33 Å². The van der Waals surface area contributed by atoms with E-state index in [2.05, 4.69) is 33.7 Å². The van der Waals surface area contributed by atoms with Crippen molar-refractivity contribution in [3.63, 3.8) is 0 Å². The van der Waals surface area contributed by atoms with Crippen LogP contribution in [0.15, 0.2) is 18.7 Å². The Labute approximate surface area is 91.3 Å². The number of rotatable bonds is 4. The van der Waals surface area contributed by atoms with Crippen LogP contribution >= 0.6 is 0 Å². The van der Waals surface area contributed by atoms with E-state index in [1.165, 1.54) is 13.0 Å². The average Bonchev–Trinajstić information content (AvgIpc) is 2.79. The second-order valence-corrected chi connectivity index (χ2v) is 4.48. The first-order valence-corrected chi connectivity index (χ1v) is 5.65. The van der Waals surface area contributed by atoms with Crippen LogP contribution in [0.1, 0.15) is 13.3 Å². The van der Waals surface area contributed by atoms with Gasteiger partial charge in [0.25, 0.3) is 0 Å². The van der Waals surface area contributed by atoms with Crippen molar-refractivity contribution in [1.29, 1.82) is 0 Å². The van der Waals surface area contributed by atoms with E-state index in [4.69, 9.17) is 0 Å². The number of likely N-dealkylation sites (tertiary alicyclic amines) is 1. The number of aromatic nitrogens is 2. The normalized spacial score (nSPS) is 27.3. The number of likely N-dealkylation sites (N-methyl/N-ethyl adjacent to an activating group) is 1. The zero-order valence-electron chi connectivity index (χ0n) is 9.56. The van der Waals surface area contributed by atoms with E-state index < -0.39 is 0 Å². The van der Waals surface area contributed by atoms with Crippen molar-refractivity contribution in [3.8, 4) is 0 Å². The van der Waals surface area contributed by atoms with E-state index >= 15 is 0 Å². The van der Waals surface area contributed by atoms with E-state index in [1.807, 2.05) is 18.7 Å². The summed E-state index contributed by atoms with van der Waals surface area (Å²) in [6, 6.07) is 1.38. The molecule has 4 nitrogen and oxygen atoms in total. The smallest absolute Gasteiger partial charge is 0.0946 e. The zero-order valence-corrected chi connectivity index (χ0v) is 9.56. The van der Waals surface area contributed by atoms with Crippen molar-refractivity contribution in [2.45, 2.75) is 32.0 Å². The molecule has 1 N–H and O–H groups in total. The van der Waals surface area contributed by atoms with E-state index in [1.54, 1.807) is 0 Å². The summed E-state index contributed by atoms with van der Waals surface area (Å²) in [4.78, 5) is 6.44. The molecule has 1 aromatic rings. The fourth-order valence-corrected chi connectivity index (χ4v) is 2.16. The van der Waals surface area contributed by atoms with Crippen LogP contribution in [0, 0.1) is 0 Å². The van der Waals surface area contributed by atoms with Gasteiger partial charge in [-0.2, -0.15) is 0 Å². The molecule has 1 fully saturated rings. The van der Waals surface area contributed by atoms with Crippen molar-refractivity contribution >= 4 is 0 Å². The predicted octanol–water partition coefficient (Wildman–Crippen LogP) is 0.565. The second-order valence-electron chi connectivity index (χ2n) is 4.48. The molecule has 0 bridgehead atoms. The lowest BCUT2D eigenvalue weighted by Gasteiger charge is -2.13. The summed E-state index contributed by atoms with van der Waals surface area (Å²) in [6.45, 7) is 5.50. The van der Waals surface area contributed by atoms with Gasteiger partial charge in [0.15, 0.2) is 0 Å². The van der Waals surface area contributed by atoms with Gasteiger partial charge in [-0.05, 0) is 20.4 Å². The van der Waals surface area contributed by atoms with Gasteiger partial charge >= 0.3 is 0 Å². The molecule has 4 heteroatoms. The second kappa shape index (κ2) is 4.77.